The van der Waals surface area contributed by atoms with Gasteiger partial charge in [0.1, 0.15) is 4.33 Å². The minimum Gasteiger partial charge on any atom is -0.123 e. The van der Waals surface area contributed by atoms with Gasteiger partial charge < -0.3 is 0 Å². The van der Waals surface area contributed by atoms with Crippen molar-refractivity contribution in [2.45, 2.75) is 25.1 Å². The van der Waals surface area contributed by atoms with Crippen LogP contribution >= 0.6 is 34.8 Å². The second kappa shape index (κ2) is 2.86. The molecule has 0 aliphatic carbocycles. The summed E-state index contributed by atoms with van der Waals surface area (Å²) in [5.74, 6) is 0.264. The molecule has 0 amide bonds. The molecular formula is C6H11Cl3. The summed E-state index contributed by atoms with van der Waals surface area (Å²) in [6, 6.07) is 0. The van der Waals surface area contributed by atoms with Crippen molar-refractivity contribution in [1.29, 1.82) is 0 Å². The highest BCUT2D eigenvalue weighted by Gasteiger charge is 2.37. The standard InChI is InChI=1S/C6H11Cl3/c1-5(2,3)6(8,9)4-7/h4H2,1-3H3. The van der Waals surface area contributed by atoms with E-state index in [1.54, 1.807) is 0 Å². The molecule has 0 unspecified atom stereocenters. The van der Waals surface area contributed by atoms with Crippen LogP contribution in [0.25, 0.3) is 0 Å². The Kier molecular flexibility index (Phi) is 3.13. The van der Waals surface area contributed by atoms with Crippen LogP contribution in [0.5, 0.6) is 0 Å². The van der Waals surface area contributed by atoms with Gasteiger partial charge in [0.2, 0.25) is 0 Å². The van der Waals surface area contributed by atoms with Crippen molar-refractivity contribution in [3.05, 3.63) is 0 Å². The number of hydrogen-bond donors (Lipinski definition) is 0. The van der Waals surface area contributed by atoms with Gasteiger partial charge in [-0.3, -0.25) is 0 Å². The van der Waals surface area contributed by atoms with Crippen molar-refractivity contribution >= 4 is 34.8 Å². The zero-order valence-corrected chi connectivity index (χ0v) is 8.11. The maximum atomic E-state index is 5.83. The highest BCUT2D eigenvalue weighted by molar-refractivity contribution is 6.51. The minimum absolute atomic E-state index is 0.155. The van der Waals surface area contributed by atoms with Crippen LogP contribution in [-0.2, 0) is 0 Å². The van der Waals surface area contributed by atoms with Crippen LogP contribution in [0.15, 0.2) is 0 Å². The maximum absolute atomic E-state index is 5.83. The van der Waals surface area contributed by atoms with Gasteiger partial charge in [-0.15, -0.1) is 11.6 Å². The first-order valence-electron chi connectivity index (χ1n) is 2.75. The Morgan fingerprint density at radius 3 is 1.44 bits per heavy atom. The average Bonchev–Trinajstić information content (AvgIpc) is 1.64. The molecule has 0 aliphatic rings. The SMILES string of the molecule is CC(C)(C)C(Cl)(Cl)CCl. The Bertz CT molecular complexity index is 91.0. The van der Waals surface area contributed by atoms with Crippen molar-refractivity contribution in [2.24, 2.45) is 5.41 Å². The van der Waals surface area contributed by atoms with E-state index >= 15 is 0 Å². The molecule has 0 radical (unpaired) electrons. The van der Waals surface area contributed by atoms with Crippen LogP contribution in [-0.4, -0.2) is 10.2 Å². The Morgan fingerprint density at radius 1 is 1.11 bits per heavy atom. The fourth-order valence-electron chi connectivity index (χ4n) is 0.200. The number of halogens is 3. The van der Waals surface area contributed by atoms with Gasteiger partial charge in [-0.1, -0.05) is 44.0 Å². The molecule has 0 aromatic rings. The summed E-state index contributed by atoms with van der Waals surface area (Å²) in [5.41, 5.74) is -0.155. The summed E-state index contributed by atoms with van der Waals surface area (Å²) in [6.07, 6.45) is 0. The van der Waals surface area contributed by atoms with Gasteiger partial charge in [0.05, 0.1) is 5.88 Å². The minimum atomic E-state index is -0.811. The van der Waals surface area contributed by atoms with Gasteiger partial charge in [-0.2, -0.15) is 0 Å². The van der Waals surface area contributed by atoms with E-state index in [4.69, 9.17) is 34.8 Å². The van der Waals surface area contributed by atoms with Crippen LogP contribution in [0, 0.1) is 5.41 Å². The largest absolute Gasteiger partial charge is 0.136 e. The Hall–Kier alpha value is 0.870. The summed E-state index contributed by atoms with van der Waals surface area (Å²) in [5, 5.41) is 0. The molecule has 0 rings (SSSR count). The maximum Gasteiger partial charge on any atom is 0.136 e. The number of rotatable bonds is 1. The van der Waals surface area contributed by atoms with Crippen LogP contribution in [0.1, 0.15) is 20.8 Å². The lowest BCUT2D eigenvalue weighted by Gasteiger charge is -2.31. The molecule has 0 heterocycles. The molecule has 0 saturated heterocycles. The third-order valence-electron chi connectivity index (χ3n) is 1.27. The smallest absolute Gasteiger partial charge is 0.123 e. The van der Waals surface area contributed by atoms with E-state index in [1.165, 1.54) is 0 Å². The molecule has 0 atom stereocenters. The summed E-state index contributed by atoms with van der Waals surface area (Å²) in [6.45, 7) is 5.86. The van der Waals surface area contributed by atoms with Crippen molar-refractivity contribution in [3.8, 4) is 0 Å². The topological polar surface area (TPSA) is 0 Å². The van der Waals surface area contributed by atoms with E-state index in [2.05, 4.69) is 0 Å². The van der Waals surface area contributed by atoms with Gasteiger partial charge in [-0.25, -0.2) is 0 Å². The molecule has 0 nitrogen and oxygen atoms in total. The van der Waals surface area contributed by atoms with Gasteiger partial charge in [0.25, 0.3) is 0 Å². The van der Waals surface area contributed by atoms with E-state index in [-0.39, 0.29) is 11.3 Å². The third kappa shape index (κ3) is 2.53. The molecule has 0 aromatic carbocycles. The molecule has 0 spiro atoms. The Morgan fingerprint density at radius 2 is 1.44 bits per heavy atom. The first-order valence-corrected chi connectivity index (χ1v) is 4.04. The number of hydrogen-bond acceptors (Lipinski definition) is 0. The first kappa shape index (κ1) is 9.87. The molecule has 0 aromatic heterocycles. The summed E-state index contributed by atoms with van der Waals surface area (Å²) < 4.78 is -0.811. The lowest BCUT2D eigenvalue weighted by Crippen LogP contribution is -2.32. The Labute approximate surface area is 71.5 Å². The van der Waals surface area contributed by atoms with Crippen LogP contribution in [0.4, 0.5) is 0 Å². The number of alkyl halides is 3. The van der Waals surface area contributed by atoms with E-state index < -0.39 is 4.33 Å². The van der Waals surface area contributed by atoms with E-state index in [0.717, 1.165) is 0 Å². The van der Waals surface area contributed by atoms with Crippen LogP contribution in [0.3, 0.4) is 0 Å². The molecular weight excluding hydrogens is 178 g/mol. The molecule has 0 N–H and O–H groups in total. The van der Waals surface area contributed by atoms with Gasteiger partial charge in [-0.05, 0) is 5.41 Å². The fourth-order valence-corrected chi connectivity index (χ4v) is 0.601. The monoisotopic (exact) mass is 188 g/mol. The molecule has 0 bridgehead atoms. The van der Waals surface area contributed by atoms with Crippen molar-refractivity contribution < 1.29 is 0 Å². The van der Waals surface area contributed by atoms with E-state index in [0.29, 0.717) is 0 Å². The predicted octanol–water partition coefficient (Wildman–Crippen LogP) is 3.45. The highest BCUT2D eigenvalue weighted by Crippen LogP contribution is 2.40. The Balaban J connectivity index is 4.14. The van der Waals surface area contributed by atoms with E-state index in [9.17, 15) is 0 Å². The van der Waals surface area contributed by atoms with Gasteiger partial charge >= 0.3 is 0 Å². The average molecular weight is 190 g/mol. The van der Waals surface area contributed by atoms with Crippen molar-refractivity contribution in [1.82, 2.24) is 0 Å². The fraction of sp³-hybridized carbons (Fsp3) is 1.00. The molecule has 56 valence electrons. The van der Waals surface area contributed by atoms with Crippen LogP contribution in [0.2, 0.25) is 0 Å². The predicted molar refractivity (Wildman–Crippen MR) is 44.6 cm³/mol. The summed E-state index contributed by atoms with van der Waals surface area (Å²) in [4.78, 5) is 0. The van der Waals surface area contributed by atoms with Crippen molar-refractivity contribution in [3.63, 3.8) is 0 Å². The second-order valence-electron chi connectivity index (χ2n) is 3.09. The quantitative estimate of drug-likeness (QED) is 0.554. The van der Waals surface area contributed by atoms with E-state index in [1.807, 2.05) is 20.8 Å². The van der Waals surface area contributed by atoms with Crippen LogP contribution < -0.4 is 0 Å². The van der Waals surface area contributed by atoms with Gasteiger partial charge in [0.15, 0.2) is 0 Å². The summed E-state index contributed by atoms with van der Waals surface area (Å²) >= 11 is 17.2. The summed E-state index contributed by atoms with van der Waals surface area (Å²) in [7, 11) is 0. The zero-order valence-electron chi connectivity index (χ0n) is 5.84. The lowest BCUT2D eigenvalue weighted by atomic mass is 9.92. The molecule has 0 saturated carbocycles. The second-order valence-corrected chi connectivity index (χ2v) is 4.84. The van der Waals surface area contributed by atoms with Gasteiger partial charge in [0, 0.05) is 0 Å². The molecule has 3 heteroatoms. The normalized spacial score (nSPS) is 14.0. The lowest BCUT2D eigenvalue weighted by molar-refractivity contribution is 0.375. The highest BCUT2D eigenvalue weighted by atomic mass is 35.5. The third-order valence-corrected chi connectivity index (χ3v) is 3.34. The molecule has 9 heavy (non-hydrogen) atoms. The zero-order chi connectivity index (χ0) is 7.71. The molecule has 0 aliphatic heterocycles. The molecule has 0 fully saturated rings. The first-order chi connectivity index (χ1) is 3.81. The van der Waals surface area contributed by atoms with Crippen molar-refractivity contribution in [2.75, 3.05) is 5.88 Å².